The fraction of sp³-hybridized carbons (Fsp3) is 0.120. The van der Waals surface area contributed by atoms with E-state index in [9.17, 15) is 23.2 Å². The molecule has 1 atom stereocenters. The second-order valence-corrected chi connectivity index (χ2v) is 8.12. The van der Waals surface area contributed by atoms with Crippen molar-refractivity contribution in [2.24, 2.45) is 0 Å². The second-order valence-electron chi connectivity index (χ2n) is 7.75. The molecule has 184 valence electrons. The number of thiocarbonyl (C=S) groups is 1. The summed E-state index contributed by atoms with van der Waals surface area (Å²) >= 11 is 5.44. The minimum atomic E-state index is -1.21. The lowest BCUT2D eigenvalue weighted by Crippen LogP contribution is -2.49. The van der Waals surface area contributed by atoms with Gasteiger partial charge in [-0.1, -0.05) is 6.07 Å². The number of nitrogens with one attached hydrogen (secondary N) is 2. The number of carbonyl (C=O) groups excluding carboxylic acids is 3. The van der Waals surface area contributed by atoms with Gasteiger partial charge in [-0.2, -0.15) is 0 Å². The fourth-order valence-corrected chi connectivity index (χ4v) is 3.96. The maximum atomic E-state index is 13.6. The quantitative estimate of drug-likeness (QED) is 0.472. The molecule has 2 N–H and O–H groups in total. The van der Waals surface area contributed by atoms with E-state index in [1.54, 1.807) is 24.3 Å². The van der Waals surface area contributed by atoms with Gasteiger partial charge in [-0.05, 0) is 78.9 Å². The predicted octanol–water partition coefficient (Wildman–Crippen LogP) is 3.65. The van der Waals surface area contributed by atoms with E-state index < -0.39 is 35.4 Å². The third kappa shape index (κ3) is 5.31. The molecular formula is C25H20F2N4O4S. The van der Waals surface area contributed by atoms with Crippen molar-refractivity contribution in [1.82, 2.24) is 10.4 Å². The van der Waals surface area contributed by atoms with Gasteiger partial charge in [0, 0.05) is 11.3 Å². The van der Waals surface area contributed by atoms with Gasteiger partial charge in [0.2, 0.25) is 11.0 Å². The Morgan fingerprint density at radius 2 is 1.69 bits per heavy atom. The third-order valence-corrected chi connectivity index (χ3v) is 5.74. The summed E-state index contributed by atoms with van der Waals surface area (Å²) in [4.78, 5) is 40.1. The summed E-state index contributed by atoms with van der Waals surface area (Å²) in [5, 5.41) is 3.64. The van der Waals surface area contributed by atoms with Crippen molar-refractivity contribution in [2.75, 3.05) is 17.3 Å². The van der Waals surface area contributed by atoms with Crippen LogP contribution in [0.3, 0.4) is 0 Å². The van der Waals surface area contributed by atoms with Crippen LogP contribution in [0.4, 0.5) is 20.2 Å². The Hall–Kier alpha value is -4.38. The average Bonchev–Trinajstić information content (AvgIpc) is 3.09. The molecule has 8 nitrogen and oxygen atoms in total. The molecule has 0 aliphatic carbocycles. The van der Waals surface area contributed by atoms with Crippen molar-refractivity contribution >= 4 is 46.4 Å². The van der Waals surface area contributed by atoms with Gasteiger partial charge >= 0.3 is 0 Å². The molecule has 0 aromatic heterocycles. The number of hydrazine groups is 1. The molecule has 0 radical (unpaired) electrons. The number of methoxy groups -OCH3 is 1. The molecule has 1 aliphatic heterocycles. The zero-order chi connectivity index (χ0) is 25.8. The largest absolute Gasteiger partial charge is 0.497 e. The molecule has 3 amide bonds. The number of benzene rings is 3. The first kappa shape index (κ1) is 24.7. The smallest absolute Gasteiger partial charge is 0.269 e. The van der Waals surface area contributed by atoms with Gasteiger partial charge in [-0.15, -0.1) is 0 Å². The van der Waals surface area contributed by atoms with Gasteiger partial charge < -0.3 is 10.1 Å². The molecule has 0 spiro atoms. The van der Waals surface area contributed by atoms with E-state index in [0.29, 0.717) is 11.4 Å². The monoisotopic (exact) mass is 510 g/mol. The summed E-state index contributed by atoms with van der Waals surface area (Å²) in [6.07, 6.45) is -0.369. The topological polar surface area (TPSA) is 91.0 Å². The first-order valence-corrected chi connectivity index (χ1v) is 11.1. The van der Waals surface area contributed by atoms with Gasteiger partial charge in [0.1, 0.15) is 23.4 Å². The number of carbonyl (C=O) groups is 3. The lowest BCUT2D eigenvalue weighted by molar-refractivity contribution is -0.124. The molecular weight excluding hydrogens is 490 g/mol. The van der Waals surface area contributed by atoms with E-state index in [1.807, 2.05) is 0 Å². The number of hydrogen-bond donors (Lipinski definition) is 2. The lowest BCUT2D eigenvalue weighted by Gasteiger charge is -2.24. The van der Waals surface area contributed by atoms with Crippen LogP contribution < -0.4 is 20.4 Å². The highest BCUT2D eigenvalue weighted by atomic mass is 32.1. The predicted molar refractivity (Wildman–Crippen MR) is 132 cm³/mol. The van der Waals surface area contributed by atoms with E-state index in [2.05, 4.69) is 10.7 Å². The Bertz CT molecular complexity index is 1320. The number of anilines is 2. The van der Waals surface area contributed by atoms with Crippen LogP contribution in [0.2, 0.25) is 0 Å². The molecule has 3 aromatic rings. The zero-order valence-corrected chi connectivity index (χ0v) is 19.7. The Kier molecular flexibility index (Phi) is 7.20. The van der Waals surface area contributed by atoms with Crippen molar-refractivity contribution in [1.29, 1.82) is 0 Å². The van der Waals surface area contributed by atoms with Gasteiger partial charge in [-0.3, -0.25) is 24.7 Å². The van der Waals surface area contributed by atoms with Crippen LogP contribution in [0.25, 0.3) is 0 Å². The normalized spacial score (nSPS) is 15.1. The maximum absolute atomic E-state index is 13.6. The number of amides is 3. The Morgan fingerprint density at radius 1 is 1.00 bits per heavy atom. The average molecular weight is 511 g/mol. The standard InChI is InChI=1S/C25H20F2N4O4S/c1-35-20-11-7-18(8-12-20)28-22(32)14-21-24(34)30(19-9-5-16(26)6-10-19)25(36)31(21)29-23(33)15-3-2-4-17(27)13-15/h2-13,21H,14H2,1H3,(H,28,32)(H,29,33). The molecule has 1 fully saturated rings. The zero-order valence-electron chi connectivity index (χ0n) is 18.9. The number of halogens is 2. The Balaban J connectivity index is 1.58. The summed E-state index contributed by atoms with van der Waals surface area (Å²) in [6.45, 7) is 0. The van der Waals surface area contributed by atoms with Crippen molar-refractivity contribution in [2.45, 2.75) is 12.5 Å². The van der Waals surface area contributed by atoms with Crippen LogP contribution in [0.5, 0.6) is 5.75 Å². The Labute approximate surface area is 210 Å². The number of ether oxygens (including phenoxy) is 1. The lowest BCUT2D eigenvalue weighted by atomic mass is 10.1. The highest BCUT2D eigenvalue weighted by Crippen LogP contribution is 2.27. The fourth-order valence-electron chi connectivity index (χ4n) is 3.59. The molecule has 1 heterocycles. The number of rotatable bonds is 7. The van der Waals surface area contributed by atoms with Crippen molar-refractivity contribution in [3.8, 4) is 5.75 Å². The summed E-state index contributed by atoms with van der Waals surface area (Å²) in [5.41, 5.74) is 3.22. The molecule has 0 bridgehead atoms. The van der Waals surface area contributed by atoms with Crippen LogP contribution in [-0.4, -0.2) is 41.0 Å². The highest BCUT2D eigenvalue weighted by Gasteiger charge is 2.45. The van der Waals surface area contributed by atoms with Gasteiger partial charge in [-0.25, -0.2) is 13.8 Å². The molecule has 11 heteroatoms. The van der Waals surface area contributed by atoms with E-state index >= 15 is 0 Å². The summed E-state index contributed by atoms with van der Waals surface area (Å²) < 4.78 is 32.2. The van der Waals surface area contributed by atoms with E-state index in [4.69, 9.17) is 17.0 Å². The molecule has 1 aliphatic rings. The van der Waals surface area contributed by atoms with E-state index in [0.717, 1.165) is 28.1 Å². The molecule has 1 saturated heterocycles. The van der Waals surface area contributed by atoms with Crippen LogP contribution in [0.15, 0.2) is 72.8 Å². The maximum Gasteiger partial charge on any atom is 0.269 e. The van der Waals surface area contributed by atoms with E-state index in [-0.39, 0.29) is 22.8 Å². The van der Waals surface area contributed by atoms with Crippen LogP contribution in [0.1, 0.15) is 16.8 Å². The van der Waals surface area contributed by atoms with Crippen molar-refractivity contribution in [3.63, 3.8) is 0 Å². The van der Waals surface area contributed by atoms with Crippen LogP contribution >= 0.6 is 12.2 Å². The number of hydrogen-bond acceptors (Lipinski definition) is 5. The van der Waals surface area contributed by atoms with Gasteiger partial charge in [0.05, 0.1) is 19.2 Å². The second kappa shape index (κ2) is 10.5. The molecule has 0 saturated carbocycles. The highest BCUT2D eigenvalue weighted by molar-refractivity contribution is 7.80. The third-order valence-electron chi connectivity index (χ3n) is 5.36. The van der Waals surface area contributed by atoms with Crippen LogP contribution in [-0.2, 0) is 9.59 Å². The van der Waals surface area contributed by atoms with Gasteiger partial charge in [0.25, 0.3) is 11.8 Å². The van der Waals surface area contributed by atoms with E-state index in [1.165, 1.54) is 37.4 Å². The SMILES string of the molecule is COc1ccc(NC(=O)CC2C(=O)N(c3ccc(F)cc3)C(=S)N2NC(=O)c2cccc(F)c2)cc1. The number of nitrogens with zero attached hydrogens (tertiary/aromatic N) is 2. The summed E-state index contributed by atoms with van der Waals surface area (Å²) in [7, 11) is 1.52. The summed E-state index contributed by atoms with van der Waals surface area (Å²) in [6, 6.07) is 15.4. The molecule has 3 aromatic carbocycles. The minimum Gasteiger partial charge on any atom is -0.497 e. The molecule has 4 rings (SSSR count). The molecule has 1 unspecified atom stereocenters. The Morgan fingerprint density at radius 3 is 2.33 bits per heavy atom. The first-order valence-electron chi connectivity index (χ1n) is 10.7. The molecule has 36 heavy (non-hydrogen) atoms. The van der Waals surface area contributed by atoms with Crippen LogP contribution in [0, 0.1) is 11.6 Å². The van der Waals surface area contributed by atoms with Crippen molar-refractivity contribution < 1.29 is 27.9 Å². The first-order chi connectivity index (χ1) is 17.3. The van der Waals surface area contributed by atoms with Crippen molar-refractivity contribution in [3.05, 3.63) is 90.0 Å². The summed E-state index contributed by atoms with van der Waals surface area (Å²) in [5.74, 6) is -2.38. The minimum absolute atomic E-state index is 0.00749. The van der Waals surface area contributed by atoms with Gasteiger partial charge in [0.15, 0.2) is 0 Å².